The molecule has 7 heteroatoms. The average Bonchev–Trinajstić information content (AvgIpc) is 3.14. The van der Waals surface area contributed by atoms with E-state index < -0.39 is 0 Å². The van der Waals surface area contributed by atoms with Crippen LogP contribution in [-0.2, 0) is 12.0 Å². The van der Waals surface area contributed by atoms with Crippen LogP contribution in [0.4, 0.5) is 0 Å². The molecule has 3 aromatic heterocycles. The fraction of sp³-hybridized carbons (Fsp3) is 0.474. The Labute approximate surface area is 157 Å². The minimum Gasteiger partial charge on any atom is -0.347 e. The summed E-state index contributed by atoms with van der Waals surface area (Å²) in [5.74, 6) is 0.740. The van der Waals surface area contributed by atoms with Gasteiger partial charge in [0.1, 0.15) is 10.7 Å². The summed E-state index contributed by atoms with van der Waals surface area (Å²) in [6.45, 7) is 12.9. The molecule has 1 amide bonds. The lowest BCUT2D eigenvalue weighted by Gasteiger charge is -2.16. The van der Waals surface area contributed by atoms with Crippen molar-refractivity contribution in [1.82, 2.24) is 25.1 Å². The predicted molar refractivity (Wildman–Crippen MR) is 105 cm³/mol. The second-order valence-corrected chi connectivity index (χ2v) is 8.72. The standard InChI is InChI=1S/C19H25N5OS/c1-11(10-24-9-7-8-20-24)21-16(25)15-12(2)14-13(3)22-18(19(4,5)6)23-17(14)26-15/h7-9,11H,10H2,1-6H3,(H,21,25). The molecule has 0 aliphatic carbocycles. The van der Waals surface area contributed by atoms with Gasteiger partial charge in [0, 0.05) is 29.2 Å². The Kier molecular flexibility index (Phi) is 4.84. The van der Waals surface area contributed by atoms with Crippen molar-refractivity contribution in [3.63, 3.8) is 0 Å². The van der Waals surface area contributed by atoms with Crippen LogP contribution in [0.5, 0.6) is 0 Å². The summed E-state index contributed by atoms with van der Waals surface area (Å²) in [7, 11) is 0. The first kappa shape index (κ1) is 18.5. The first-order valence-electron chi connectivity index (χ1n) is 8.73. The number of hydrogen-bond donors (Lipinski definition) is 1. The van der Waals surface area contributed by atoms with E-state index in [2.05, 4.69) is 36.2 Å². The molecule has 0 saturated heterocycles. The van der Waals surface area contributed by atoms with Gasteiger partial charge in [0.05, 0.1) is 17.1 Å². The molecule has 0 aliphatic rings. The van der Waals surface area contributed by atoms with Gasteiger partial charge in [-0.15, -0.1) is 11.3 Å². The third-order valence-corrected chi connectivity index (χ3v) is 5.43. The average molecular weight is 372 g/mol. The smallest absolute Gasteiger partial charge is 0.261 e. The van der Waals surface area contributed by atoms with Crippen LogP contribution in [0, 0.1) is 13.8 Å². The molecular formula is C19H25N5OS. The first-order valence-corrected chi connectivity index (χ1v) is 9.55. The van der Waals surface area contributed by atoms with Crippen LogP contribution in [0.15, 0.2) is 18.5 Å². The summed E-state index contributed by atoms with van der Waals surface area (Å²) in [6.07, 6.45) is 3.62. The predicted octanol–water partition coefficient (Wildman–Crippen LogP) is 3.62. The van der Waals surface area contributed by atoms with Gasteiger partial charge < -0.3 is 5.32 Å². The molecule has 0 spiro atoms. The lowest BCUT2D eigenvalue weighted by Crippen LogP contribution is -2.35. The zero-order chi connectivity index (χ0) is 19.1. The van der Waals surface area contributed by atoms with Crippen LogP contribution < -0.4 is 5.32 Å². The van der Waals surface area contributed by atoms with Gasteiger partial charge >= 0.3 is 0 Å². The van der Waals surface area contributed by atoms with Crippen LogP contribution in [0.3, 0.4) is 0 Å². The van der Waals surface area contributed by atoms with Crippen molar-refractivity contribution < 1.29 is 4.79 Å². The quantitative estimate of drug-likeness (QED) is 0.760. The summed E-state index contributed by atoms with van der Waals surface area (Å²) in [5, 5.41) is 8.24. The molecule has 0 fully saturated rings. The maximum atomic E-state index is 12.8. The number of aryl methyl sites for hydroxylation is 2. The lowest BCUT2D eigenvalue weighted by molar-refractivity contribution is 0.0939. The van der Waals surface area contributed by atoms with E-state index in [1.54, 1.807) is 6.20 Å². The van der Waals surface area contributed by atoms with E-state index in [0.717, 1.165) is 27.3 Å². The molecule has 1 N–H and O–H groups in total. The first-order chi connectivity index (χ1) is 12.2. The molecule has 3 heterocycles. The van der Waals surface area contributed by atoms with E-state index in [-0.39, 0.29) is 17.4 Å². The zero-order valence-corrected chi connectivity index (χ0v) is 16.9. The molecule has 3 rings (SSSR count). The Morgan fingerprint density at radius 2 is 2.04 bits per heavy atom. The molecule has 26 heavy (non-hydrogen) atoms. The number of rotatable bonds is 4. The number of fused-ring (bicyclic) bond motifs is 1. The summed E-state index contributed by atoms with van der Waals surface area (Å²) >= 11 is 1.44. The highest BCUT2D eigenvalue weighted by Gasteiger charge is 2.23. The molecule has 138 valence electrons. The second kappa shape index (κ2) is 6.79. The molecule has 0 aromatic carbocycles. The summed E-state index contributed by atoms with van der Waals surface area (Å²) in [4.78, 5) is 23.8. The van der Waals surface area contributed by atoms with Gasteiger partial charge in [0.25, 0.3) is 5.91 Å². The zero-order valence-electron chi connectivity index (χ0n) is 16.1. The van der Waals surface area contributed by atoms with Crippen LogP contribution in [0.2, 0.25) is 0 Å². The number of hydrogen-bond acceptors (Lipinski definition) is 5. The minimum atomic E-state index is -0.127. The SMILES string of the molecule is Cc1nc(C(C)(C)C)nc2sc(C(=O)NC(C)Cn3cccn3)c(C)c12. The summed E-state index contributed by atoms with van der Waals surface area (Å²) in [5.41, 5.74) is 1.75. The van der Waals surface area contributed by atoms with Crippen LogP contribution >= 0.6 is 11.3 Å². The van der Waals surface area contributed by atoms with Gasteiger partial charge in [0.2, 0.25) is 0 Å². The van der Waals surface area contributed by atoms with Gasteiger partial charge in [-0.3, -0.25) is 9.48 Å². The number of aromatic nitrogens is 4. The second-order valence-electron chi connectivity index (χ2n) is 7.72. The van der Waals surface area contributed by atoms with E-state index >= 15 is 0 Å². The lowest BCUT2D eigenvalue weighted by atomic mass is 9.95. The Morgan fingerprint density at radius 3 is 2.65 bits per heavy atom. The number of thiophene rings is 1. The summed E-state index contributed by atoms with van der Waals surface area (Å²) in [6, 6.07) is 1.85. The Bertz CT molecular complexity index is 937. The molecule has 3 aromatic rings. The van der Waals surface area contributed by atoms with Crippen LogP contribution in [0.1, 0.15) is 54.4 Å². The van der Waals surface area contributed by atoms with Crippen molar-refractivity contribution in [2.75, 3.05) is 0 Å². The highest BCUT2D eigenvalue weighted by atomic mass is 32.1. The van der Waals surface area contributed by atoms with E-state index in [9.17, 15) is 4.79 Å². The fourth-order valence-electron chi connectivity index (χ4n) is 2.92. The topological polar surface area (TPSA) is 72.7 Å². The maximum Gasteiger partial charge on any atom is 0.261 e. The van der Waals surface area contributed by atoms with Gasteiger partial charge in [-0.25, -0.2) is 9.97 Å². The minimum absolute atomic E-state index is 0.0238. The van der Waals surface area contributed by atoms with Gasteiger partial charge in [-0.05, 0) is 32.4 Å². The van der Waals surface area contributed by atoms with Crippen LogP contribution in [-0.4, -0.2) is 31.7 Å². The van der Waals surface area contributed by atoms with Crippen molar-refractivity contribution >= 4 is 27.5 Å². The number of carbonyl (C=O) groups is 1. The maximum absolute atomic E-state index is 12.8. The Morgan fingerprint density at radius 1 is 1.31 bits per heavy atom. The monoisotopic (exact) mass is 371 g/mol. The van der Waals surface area contributed by atoms with Crippen LogP contribution in [0.25, 0.3) is 10.2 Å². The highest BCUT2D eigenvalue weighted by molar-refractivity contribution is 7.20. The Balaban J connectivity index is 1.88. The van der Waals surface area contributed by atoms with Gasteiger partial charge in [-0.1, -0.05) is 20.8 Å². The number of nitrogens with zero attached hydrogens (tertiary/aromatic N) is 4. The van der Waals surface area contributed by atoms with E-state index in [0.29, 0.717) is 11.4 Å². The van der Waals surface area contributed by atoms with Crippen molar-refractivity contribution in [1.29, 1.82) is 0 Å². The third-order valence-electron chi connectivity index (χ3n) is 4.25. The number of amides is 1. The third kappa shape index (κ3) is 3.62. The van der Waals surface area contributed by atoms with Crippen molar-refractivity contribution in [3.05, 3.63) is 40.4 Å². The van der Waals surface area contributed by atoms with Crippen molar-refractivity contribution in [2.45, 2.75) is 59.5 Å². The van der Waals surface area contributed by atoms with Crippen molar-refractivity contribution in [2.24, 2.45) is 0 Å². The normalized spacial score (nSPS) is 13.2. The molecule has 1 atom stereocenters. The molecule has 1 unspecified atom stereocenters. The fourth-order valence-corrected chi connectivity index (χ4v) is 4.05. The highest BCUT2D eigenvalue weighted by Crippen LogP contribution is 2.33. The summed E-state index contributed by atoms with van der Waals surface area (Å²) < 4.78 is 1.81. The number of carbonyl (C=O) groups excluding carboxylic acids is 1. The number of nitrogens with one attached hydrogen (secondary N) is 1. The molecule has 0 radical (unpaired) electrons. The molecule has 0 aliphatic heterocycles. The molecule has 0 saturated carbocycles. The van der Waals surface area contributed by atoms with E-state index in [4.69, 9.17) is 4.98 Å². The molecule has 0 bridgehead atoms. The molecule has 6 nitrogen and oxygen atoms in total. The van der Waals surface area contributed by atoms with Gasteiger partial charge in [0.15, 0.2) is 0 Å². The van der Waals surface area contributed by atoms with E-state index in [1.807, 2.05) is 37.7 Å². The Hall–Kier alpha value is -2.28. The van der Waals surface area contributed by atoms with Crippen molar-refractivity contribution in [3.8, 4) is 0 Å². The van der Waals surface area contributed by atoms with E-state index in [1.165, 1.54) is 11.3 Å². The van der Waals surface area contributed by atoms with Gasteiger partial charge in [-0.2, -0.15) is 5.10 Å². The molecular weight excluding hydrogens is 346 g/mol. The largest absolute Gasteiger partial charge is 0.347 e.